The summed E-state index contributed by atoms with van der Waals surface area (Å²) in [6, 6.07) is 0.238. The maximum absolute atomic E-state index is 12.5. The van der Waals surface area contributed by atoms with Gasteiger partial charge in [-0.2, -0.15) is 0 Å². The minimum absolute atomic E-state index is 0.238. The zero-order valence-electron chi connectivity index (χ0n) is 7.89. The third-order valence-corrected chi connectivity index (χ3v) is 2.69. The van der Waals surface area contributed by atoms with Gasteiger partial charge < -0.3 is 10.4 Å². The van der Waals surface area contributed by atoms with E-state index in [-0.39, 0.29) is 6.04 Å². The Labute approximate surface area is 77.3 Å². The highest BCUT2D eigenvalue weighted by atomic mass is 19.3. The molecule has 1 aliphatic carbocycles. The van der Waals surface area contributed by atoms with Gasteiger partial charge in [0.25, 0.3) is 5.92 Å². The first-order valence-electron chi connectivity index (χ1n) is 4.79. The van der Waals surface area contributed by atoms with Gasteiger partial charge in [-0.1, -0.05) is 13.3 Å². The van der Waals surface area contributed by atoms with Gasteiger partial charge in [0.05, 0.1) is 6.54 Å². The fourth-order valence-electron chi connectivity index (χ4n) is 1.59. The van der Waals surface area contributed by atoms with Crippen molar-refractivity contribution < 1.29 is 13.9 Å². The van der Waals surface area contributed by atoms with Crippen molar-refractivity contribution in [3.05, 3.63) is 0 Å². The van der Waals surface area contributed by atoms with E-state index < -0.39 is 19.1 Å². The highest BCUT2D eigenvalue weighted by molar-refractivity contribution is 4.85. The van der Waals surface area contributed by atoms with Gasteiger partial charge in [0.2, 0.25) is 0 Å². The molecule has 0 bridgehead atoms. The second-order valence-corrected chi connectivity index (χ2v) is 3.84. The van der Waals surface area contributed by atoms with Crippen LogP contribution in [0.2, 0.25) is 0 Å². The molecular formula is C9H17F2NO. The Hall–Kier alpha value is -0.220. The number of aliphatic hydroxyl groups excluding tert-OH is 1. The number of alkyl halides is 2. The quantitative estimate of drug-likeness (QED) is 0.691. The molecule has 1 aliphatic rings. The largest absolute Gasteiger partial charge is 0.390 e. The van der Waals surface area contributed by atoms with E-state index in [0.29, 0.717) is 5.92 Å². The standard InChI is InChI=1S/C9H17F2NO/c1-2-7-3-8(4-7)12-5-9(10,11)6-13/h7-8,12-13H,2-6H2,1H3. The van der Waals surface area contributed by atoms with E-state index in [2.05, 4.69) is 12.2 Å². The first-order valence-corrected chi connectivity index (χ1v) is 4.79. The molecule has 4 heteroatoms. The van der Waals surface area contributed by atoms with Crippen molar-refractivity contribution in [1.29, 1.82) is 0 Å². The Morgan fingerprint density at radius 2 is 2.08 bits per heavy atom. The van der Waals surface area contributed by atoms with E-state index in [4.69, 9.17) is 5.11 Å². The van der Waals surface area contributed by atoms with E-state index in [0.717, 1.165) is 19.3 Å². The molecule has 0 heterocycles. The molecule has 0 amide bonds. The molecule has 2 N–H and O–H groups in total. The molecule has 1 fully saturated rings. The molecule has 1 rings (SSSR count). The zero-order chi connectivity index (χ0) is 9.90. The molecule has 0 aromatic heterocycles. The molecule has 0 spiro atoms. The molecule has 13 heavy (non-hydrogen) atoms. The predicted octanol–water partition coefficient (Wildman–Crippen LogP) is 1.39. The second-order valence-electron chi connectivity index (χ2n) is 3.84. The van der Waals surface area contributed by atoms with Gasteiger partial charge in [-0.25, -0.2) is 8.78 Å². The Balaban J connectivity index is 2.08. The molecule has 0 aromatic rings. The van der Waals surface area contributed by atoms with Gasteiger partial charge in [0.15, 0.2) is 0 Å². The highest BCUT2D eigenvalue weighted by Gasteiger charge is 2.32. The normalized spacial score (nSPS) is 28.6. The lowest BCUT2D eigenvalue weighted by atomic mass is 9.78. The summed E-state index contributed by atoms with van der Waals surface area (Å²) >= 11 is 0. The third-order valence-electron chi connectivity index (χ3n) is 2.69. The molecule has 0 aliphatic heterocycles. The van der Waals surface area contributed by atoms with Crippen molar-refractivity contribution in [2.24, 2.45) is 5.92 Å². The van der Waals surface area contributed by atoms with E-state index in [9.17, 15) is 8.78 Å². The molecule has 2 nitrogen and oxygen atoms in total. The van der Waals surface area contributed by atoms with Crippen LogP contribution in [0.15, 0.2) is 0 Å². The fraction of sp³-hybridized carbons (Fsp3) is 1.00. The molecule has 0 saturated heterocycles. The molecule has 78 valence electrons. The van der Waals surface area contributed by atoms with Crippen LogP contribution in [-0.2, 0) is 0 Å². The summed E-state index contributed by atoms with van der Waals surface area (Å²) in [6.07, 6.45) is 3.13. The molecule has 0 radical (unpaired) electrons. The Kier molecular flexibility index (Phi) is 3.62. The maximum Gasteiger partial charge on any atom is 0.282 e. The Morgan fingerprint density at radius 1 is 1.46 bits per heavy atom. The second kappa shape index (κ2) is 4.33. The van der Waals surface area contributed by atoms with Crippen LogP contribution in [0.1, 0.15) is 26.2 Å². The number of hydrogen-bond donors (Lipinski definition) is 2. The minimum Gasteiger partial charge on any atom is -0.390 e. The SMILES string of the molecule is CCC1CC(NCC(F)(F)CO)C1. The summed E-state index contributed by atoms with van der Waals surface area (Å²) in [5, 5.41) is 11.1. The topological polar surface area (TPSA) is 32.3 Å². The van der Waals surface area contributed by atoms with Crippen LogP contribution in [0, 0.1) is 5.92 Å². The molecule has 0 aromatic carbocycles. The van der Waals surface area contributed by atoms with Gasteiger partial charge in [0.1, 0.15) is 6.61 Å². The van der Waals surface area contributed by atoms with Gasteiger partial charge in [0, 0.05) is 6.04 Å². The monoisotopic (exact) mass is 193 g/mol. The Bertz CT molecular complexity index is 158. The van der Waals surface area contributed by atoms with E-state index in [1.54, 1.807) is 0 Å². The number of rotatable bonds is 5. The lowest BCUT2D eigenvalue weighted by molar-refractivity contribution is -0.0521. The van der Waals surface area contributed by atoms with Crippen molar-refractivity contribution in [1.82, 2.24) is 5.32 Å². The summed E-state index contributed by atoms with van der Waals surface area (Å²) in [5.74, 6) is -2.25. The zero-order valence-corrected chi connectivity index (χ0v) is 7.89. The first-order chi connectivity index (χ1) is 6.07. The van der Waals surface area contributed by atoms with Crippen LogP contribution in [0.5, 0.6) is 0 Å². The smallest absolute Gasteiger partial charge is 0.282 e. The number of halogens is 2. The average molecular weight is 193 g/mol. The number of nitrogens with one attached hydrogen (secondary N) is 1. The highest BCUT2D eigenvalue weighted by Crippen LogP contribution is 2.30. The van der Waals surface area contributed by atoms with Gasteiger partial charge in [-0.05, 0) is 18.8 Å². The lowest BCUT2D eigenvalue weighted by Gasteiger charge is -2.36. The third kappa shape index (κ3) is 3.19. The van der Waals surface area contributed by atoms with Crippen molar-refractivity contribution in [3.8, 4) is 0 Å². The van der Waals surface area contributed by atoms with Gasteiger partial charge >= 0.3 is 0 Å². The van der Waals surface area contributed by atoms with Crippen LogP contribution in [0.3, 0.4) is 0 Å². The summed E-state index contributed by atoms with van der Waals surface area (Å²) in [5.41, 5.74) is 0. The van der Waals surface area contributed by atoms with Crippen molar-refractivity contribution in [2.75, 3.05) is 13.2 Å². The van der Waals surface area contributed by atoms with Crippen molar-refractivity contribution >= 4 is 0 Å². The molecular weight excluding hydrogens is 176 g/mol. The average Bonchev–Trinajstić information content (AvgIpc) is 2.02. The first kappa shape index (κ1) is 10.9. The molecule has 0 unspecified atom stereocenters. The van der Waals surface area contributed by atoms with Gasteiger partial charge in [-0.15, -0.1) is 0 Å². The van der Waals surface area contributed by atoms with Crippen molar-refractivity contribution in [2.45, 2.75) is 38.2 Å². The predicted molar refractivity (Wildman–Crippen MR) is 46.8 cm³/mol. The van der Waals surface area contributed by atoms with Crippen LogP contribution in [-0.4, -0.2) is 30.2 Å². The van der Waals surface area contributed by atoms with Crippen LogP contribution in [0.4, 0.5) is 8.78 Å². The van der Waals surface area contributed by atoms with E-state index in [1.807, 2.05) is 0 Å². The van der Waals surface area contributed by atoms with E-state index >= 15 is 0 Å². The summed E-state index contributed by atoms with van der Waals surface area (Å²) in [4.78, 5) is 0. The van der Waals surface area contributed by atoms with Crippen LogP contribution in [0.25, 0.3) is 0 Å². The number of aliphatic hydroxyl groups is 1. The lowest BCUT2D eigenvalue weighted by Crippen LogP contribution is -2.47. The van der Waals surface area contributed by atoms with Crippen molar-refractivity contribution in [3.63, 3.8) is 0 Å². The molecule has 1 saturated carbocycles. The molecule has 0 atom stereocenters. The fourth-order valence-corrected chi connectivity index (χ4v) is 1.59. The van der Waals surface area contributed by atoms with E-state index in [1.165, 1.54) is 0 Å². The Morgan fingerprint density at radius 3 is 2.54 bits per heavy atom. The summed E-state index contributed by atoms with van der Waals surface area (Å²) < 4.78 is 25.1. The van der Waals surface area contributed by atoms with Crippen LogP contribution >= 0.6 is 0 Å². The summed E-state index contributed by atoms with van der Waals surface area (Å²) in [6.45, 7) is 0.651. The number of hydrogen-bond acceptors (Lipinski definition) is 2. The van der Waals surface area contributed by atoms with Crippen LogP contribution < -0.4 is 5.32 Å². The minimum atomic E-state index is -2.96. The maximum atomic E-state index is 12.5. The summed E-state index contributed by atoms with van der Waals surface area (Å²) in [7, 11) is 0. The van der Waals surface area contributed by atoms with Gasteiger partial charge in [-0.3, -0.25) is 0 Å².